The number of nitrogens with one attached hydrogen (secondary N) is 1. The zero-order valence-corrected chi connectivity index (χ0v) is 23.7. The van der Waals surface area contributed by atoms with Crippen molar-refractivity contribution in [1.29, 1.82) is 0 Å². The van der Waals surface area contributed by atoms with Gasteiger partial charge in [0.25, 0.3) is 0 Å². The van der Waals surface area contributed by atoms with E-state index in [9.17, 15) is 4.79 Å². The average Bonchev–Trinajstić information content (AvgIpc) is 3.50. The van der Waals surface area contributed by atoms with Crippen LogP contribution >= 0.6 is 0 Å². The Morgan fingerprint density at radius 2 is 1.95 bits per heavy atom. The van der Waals surface area contributed by atoms with Crippen molar-refractivity contribution < 1.29 is 14.1 Å². The summed E-state index contributed by atoms with van der Waals surface area (Å²) < 4.78 is 12.4. The second kappa shape index (κ2) is 11.7. The molecular formula is C29H44N6O3. The number of ether oxygens (including phenoxy) is 1. The molecule has 5 atom stereocenters. The van der Waals surface area contributed by atoms with Crippen LogP contribution in [0.4, 0.5) is 5.82 Å². The number of hydrogen-bond acceptors (Lipinski definition) is 9. The van der Waals surface area contributed by atoms with E-state index < -0.39 is 0 Å². The van der Waals surface area contributed by atoms with Crippen LogP contribution in [0.25, 0.3) is 11.5 Å². The molecule has 2 aromatic rings. The molecule has 1 N–H and O–H groups in total. The maximum absolute atomic E-state index is 12.8. The van der Waals surface area contributed by atoms with Crippen molar-refractivity contribution in [2.24, 2.45) is 0 Å². The minimum absolute atomic E-state index is 0.0354. The van der Waals surface area contributed by atoms with Crippen LogP contribution in [0.15, 0.2) is 10.6 Å². The largest absolute Gasteiger partial charge is 0.459 e. The summed E-state index contributed by atoms with van der Waals surface area (Å²) in [5.74, 6) is 1.59. The van der Waals surface area contributed by atoms with Gasteiger partial charge in [-0.3, -0.25) is 9.69 Å². The predicted octanol–water partition coefficient (Wildman–Crippen LogP) is 4.36. The molecule has 2 aromatic heterocycles. The monoisotopic (exact) mass is 524 g/mol. The van der Waals surface area contributed by atoms with E-state index in [1.165, 1.54) is 6.42 Å². The first-order valence-electron chi connectivity index (χ1n) is 14.6. The van der Waals surface area contributed by atoms with Crippen molar-refractivity contribution in [3.8, 4) is 17.5 Å². The molecule has 9 heteroatoms. The Kier molecular flexibility index (Phi) is 8.33. The summed E-state index contributed by atoms with van der Waals surface area (Å²) in [6.07, 6.45) is 7.46. The quantitative estimate of drug-likeness (QED) is 0.540. The Morgan fingerprint density at radius 1 is 1.16 bits per heavy atom. The molecule has 3 unspecified atom stereocenters. The van der Waals surface area contributed by atoms with Crippen molar-refractivity contribution in [2.75, 3.05) is 31.6 Å². The Morgan fingerprint density at radius 3 is 2.63 bits per heavy atom. The van der Waals surface area contributed by atoms with Crippen LogP contribution in [0, 0.1) is 0 Å². The number of carbonyl (C=O) groups excluding carboxylic acids is 1. The molecule has 3 aliphatic rings. The molecule has 38 heavy (non-hydrogen) atoms. The van der Waals surface area contributed by atoms with E-state index in [-0.39, 0.29) is 17.8 Å². The molecular weight excluding hydrogens is 480 g/mol. The maximum atomic E-state index is 12.8. The SMILES string of the molecule is CCCc1c(C2CCCCC2=O)noc1-c1cc(N2CC(C)N[C@@H](C)C2)nc(O[C@@H](C)C2CCCN2C)n1. The van der Waals surface area contributed by atoms with E-state index in [1.54, 1.807) is 0 Å². The minimum Gasteiger partial charge on any atom is -0.459 e. The number of carbonyl (C=O) groups is 1. The van der Waals surface area contributed by atoms with E-state index in [4.69, 9.17) is 19.2 Å². The first-order valence-corrected chi connectivity index (χ1v) is 14.6. The molecule has 0 bridgehead atoms. The van der Waals surface area contributed by atoms with Crippen LogP contribution in [0.2, 0.25) is 0 Å². The topological polar surface area (TPSA) is 96.6 Å². The fourth-order valence-electron chi connectivity index (χ4n) is 6.59. The molecule has 9 nitrogen and oxygen atoms in total. The molecule has 5 rings (SSSR count). The van der Waals surface area contributed by atoms with Crippen molar-refractivity contribution in [3.05, 3.63) is 17.3 Å². The number of anilines is 1. The van der Waals surface area contributed by atoms with Gasteiger partial charge in [-0.2, -0.15) is 9.97 Å². The van der Waals surface area contributed by atoms with Gasteiger partial charge in [0.15, 0.2) is 5.76 Å². The van der Waals surface area contributed by atoms with Crippen LogP contribution in [0.3, 0.4) is 0 Å². The van der Waals surface area contributed by atoms with E-state index in [1.807, 2.05) is 6.07 Å². The zero-order valence-electron chi connectivity index (χ0n) is 23.7. The summed E-state index contributed by atoms with van der Waals surface area (Å²) in [5, 5.41) is 8.09. The Labute approximate surface area is 226 Å². The molecule has 0 aromatic carbocycles. The summed E-state index contributed by atoms with van der Waals surface area (Å²) in [7, 11) is 2.16. The Bertz CT molecular complexity index is 1110. The molecule has 1 saturated carbocycles. The van der Waals surface area contributed by atoms with E-state index in [2.05, 4.69) is 55.0 Å². The van der Waals surface area contributed by atoms with Crippen LogP contribution in [0.5, 0.6) is 6.01 Å². The van der Waals surface area contributed by atoms with Gasteiger partial charge in [0.2, 0.25) is 0 Å². The third-order valence-corrected chi connectivity index (χ3v) is 8.42. The Hall–Kier alpha value is -2.52. The molecule has 2 aliphatic heterocycles. The van der Waals surface area contributed by atoms with Crippen molar-refractivity contribution >= 4 is 11.6 Å². The fourth-order valence-corrected chi connectivity index (χ4v) is 6.59. The van der Waals surface area contributed by atoms with Crippen molar-refractivity contribution in [1.82, 2.24) is 25.3 Å². The molecule has 208 valence electrons. The van der Waals surface area contributed by atoms with Gasteiger partial charge >= 0.3 is 6.01 Å². The summed E-state index contributed by atoms with van der Waals surface area (Å²) in [5.41, 5.74) is 2.50. The first kappa shape index (κ1) is 27.1. The van der Waals surface area contributed by atoms with Gasteiger partial charge in [0.05, 0.1) is 11.6 Å². The van der Waals surface area contributed by atoms with E-state index >= 15 is 0 Å². The van der Waals surface area contributed by atoms with Crippen LogP contribution in [-0.2, 0) is 11.2 Å². The number of Topliss-reactive ketones (excluding diaryl/α,β-unsaturated/α-hetero) is 1. The second-order valence-electron chi connectivity index (χ2n) is 11.7. The molecule has 0 amide bonds. The highest BCUT2D eigenvalue weighted by Crippen LogP contribution is 2.37. The van der Waals surface area contributed by atoms with Crippen LogP contribution in [-0.4, -0.2) is 76.7 Å². The van der Waals surface area contributed by atoms with E-state index in [0.717, 1.165) is 75.2 Å². The van der Waals surface area contributed by atoms with Crippen LogP contribution in [0.1, 0.15) is 89.8 Å². The number of ketones is 1. The van der Waals surface area contributed by atoms with Gasteiger partial charge in [-0.25, -0.2) is 0 Å². The molecule has 2 saturated heterocycles. The van der Waals surface area contributed by atoms with Gasteiger partial charge < -0.3 is 19.5 Å². The third-order valence-electron chi connectivity index (χ3n) is 8.42. The molecule has 4 heterocycles. The van der Waals surface area contributed by atoms with Gasteiger partial charge in [-0.1, -0.05) is 24.9 Å². The summed E-state index contributed by atoms with van der Waals surface area (Å²) in [6.45, 7) is 11.4. The summed E-state index contributed by atoms with van der Waals surface area (Å²) >= 11 is 0. The lowest BCUT2D eigenvalue weighted by Gasteiger charge is -2.37. The molecule has 3 fully saturated rings. The number of rotatable bonds is 8. The first-order chi connectivity index (χ1) is 18.3. The fraction of sp³-hybridized carbons (Fsp3) is 0.724. The van der Waals surface area contributed by atoms with Gasteiger partial charge in [-0.15, -0.1) is 0 Å². The van der Waals surface area contributed by atoms with Gasteiger partial charge in [0.1, 0.15) is 23.4 Å². The van der Waals surface area contributed by atoms with E-state index in [0.29, 0.717) is 42.0 Å². The number of piperazine rings is 1. The molecule has 0 spiro atoms. The highest BCUT2D eigenvalue weighted by atomic mass is 16.5. The average molecular weight is 525 g/mol. The van der Waals surface area contributed by atoms with Gasteiger partial charge in [-0.05, 0) is 66.5 Å². The normalized spacial score (nSPS) is 27.6. The smallest absolute Gasteiger partial charge is 0.319 e. The number of aromatic nitrogens is 3. The molecule has 1 aliphatic carbocycles. The zero-order chi connectivity index (χ0) is 26.8. The number of hydrogen-bond donors (Lipinski definition) is 1. The highest BCUT2D eigenvalue weighted by Gasteiger charge is 2.33. The summed E-state index contributed by atoms with van der Waals surface area (Å²) in [4.78, 5) is 27.2. The van der Waals surface area contributed by atoms with Crippen LogP contribution < -0.4 is 15.0 Å². The number of likely N-dealkylation sites (N-methyl/N-ethyl adjacent to an activating group) is 1. The predicted molar refractivity (Wildman–Crippen MR) is 148 cm³/mol. The molecule has 0 radical (unpaired) electrons. The minimum atomic E-state index is -0.173. The van der Waals surface area contributed by atoms with Crippen molar-refractivity contribution in [2.45, 2.75) is 109 Å². The number of likely N-dealkylation sites (tertiary alicyclic amines) is 1. The third kappa shape index (κ3) is 5.73. The summed E-state index contributed by atoms with van der Waals surface area (Å²) in [6, 6.07) is 3.42. The Balaban J connectivity index is 1.53. The number of nitrogens with zero attached hydrogens (tertiary/aromatic N) is 5. The van der Waals surface area contributed by atoms with Gasteiger partial charge in [0, 0.05) is 49.3 Å². The lowest BCUT2D eigenvalue weighted by atomic mass is 9.83. The highest BCUT2D eigenvalue weighted by molar-refractivity contribution is 5.86. The standard InChI is InChI=1S/C29H44N6O3/c1-6-10-22-27(21-11-7-8-13-25(21)36)33-38-28(22)23-15-26(35-16-18(2)30-19(3)17-35)32-29(31-23)37-20(4)24-12-9-14-34(24)5/h15,18-21,24,30H,6-14,16-17H2,1-5H3/t18-,19?,20-,21?,24?/m0/s1. The lowest BCUT2D eigenvalue weighted by Crippen LogP contribution is -2.54. The lowest BCUT2D eigenvalue weighted by molar-refractivity contribution is -0.122. The van der Waals surface area contributed by atoms with Crippen molar-refractivity contribution in [3.63, 3.8) is 0 Å². The second-order valence-corrected chi connectivity index (χ2v) is 11.7. The maximum Gasteiger partial charge on any atom is 0.319 e.